The summed E-state index contributed by atoms with van der Waals surface area (Å²) in [5, 5.41) is 9.51. The summed E-state index contributed by atoms with van der Waals surface area (Å²) < 4.78 is 0. The summed E-state index contributed by atoms with van der Waals surface area (Å²) in [5.74, 6) is -1.12. The summed E-state index contributed by atoms with van der Waals surface area (Å²) in [5.41, 5.74) is 0.222. The van der Waals surface area contributed by atoms with E-state index in [1.165, 1.54) is 12.1 Å². The van der Waals surface area contributed by atoms with Gasteiger partial charge in [-0.15, -0.1) is 0 Å². The molecule has 3 nitrogen and oxygen atoms in total. The lowest BCUT2D eigenvalue weighted by Crippen LogP contribution is -2.21. The maximum atomic E-state index is 11.9. The Hall–Kier alpha value is -1.64. The molecule has 16 heavy (non-hydrogen) atoms. The molecule has 0 fully saturated rings. The molecule has 0 radical (unpaired) electrons. The fraction of sp³-hybridized carbons (Fsp3) is 0.385. The van der Waals surface area contributed by atoms with Gasteiger partial charge in [0.05, 0.1) is 11.5 Å². The summed E-state index contributed by atoms with van der Waals surface area (Å²) in [6, 6.07) is 6.30. The average Bonchev–Trinajstić information content (AvgIpc) is 2.28. The van der Waals surface area contributed by atoms with Crippen LogP contribution in [0.15, 0.2) is 24.3 Å². The van der Waals surface area contributed by atoms with E-state index < -0.39 is 5.92 Å². The van der Waals surface area contributed by atoms with E-state index in [-0.39, 0.29) is 22.9 Å². The molecule has 0 bridgehead atoms. The highest BCUT2D eigenvalue weighted by Crippen LogP contribution is 2.20. The predicted molar refractivity (Wildman–Crippen MR) is 61.5 cm³/mol. The van der Waals surface area contributed by atoms with E-state index in [1.807, 2.05) is 6.92 Å². The van der Waals surface area contributed by atoms with Gasteiger partial charge in [-0.05, 0) is 25.5 Å². The van der Waals surface area contributed by atoms with Crippen molar-refractivity contribution >= 4 is 11.6 Å². The summed E-state index contributed by atoms with van der Waals surface area (Å²) in [4.78, 5) is 23.5. The second-order valence-corrected chi connectivity index (χ2v) is 3.82. The van der Waals surface area contributed by atoms with E-state index in [9.17, 15) is 14.7 Å². The van der Waals surface area contributed by atoms with E-state index in [4.69, 9.17) is 0 Å². The molecule has 0 saturated carbocycles. The van der Waals surface area contributed by atoms with E-state index in [1.54, 1.807) is 19.1 Å². The first kappa shape index (κ1) is 12.4. The van der Waals surface area contributed by atoms with Gasteiger partial charge in [-0.1, -0.05) is 19.1 Å². The molecular weight excluding hydrogens is 204 g/mol. The number of rotatable bonds is 5. The number of aromatic hydroxyl groups is 1. The Morgan fingerprint density at radius 1 is 1.31 bits per heavy atom. The fourth-order valence-corrected chi connectivity index (χ4v) is 1.52. The SMILES string of the molecule is CCCC(=O)C(C)C(=O)c1ccccc1O. The minimum Gasteiger partial charge on any atom is -0.507 e. The zero-order valence-electron chi connectivity index (χ0n) is 9.56. The molecule has 3 heteroatoms. The van der Waals surface area contributed by atoms with Gasteiger partial charge in [0.1, 0.15) is 11.5 Å². The Morgan fingerprint density at radius 3 is 2.50 bits per heavy atom. The zero-order chi connectivity index (χ0) is 12.1. The van der Waals surface area contributed by atoms with Crippen LogP contribution in [0.5, 0.6) is 5.75 Å². The minimum absolute atomic E-state index is 0.0661. The highest BCUT2D eigenvalue weighted by molar-refractivity contribution is 6.11. The van der Waals surface area contributed by atoms with Crippen molar-refractivity contribution in [3.63, 3.8) is 0 Å². The first-order valence-corrected chi connectivity index (χ1v) is 5.42. The molecule has 1 atom stereocenters. The van der Waals surface area contributed by atoms with Crippen molar-refractivity contribution in [2.45, 2.75) is 26.7 Å². The van der Waals surface area contributed by atoms with Crippen molar-refractivity contribution in [2.24, 2.45) is 5.92 Å². The van der Waals surface area contributed by atoms with E-state index in [0.717, 1.165) is 6.42 Å². The van der Waals surface area contributed by atoms with Crippen molar-refractivity contribution in [2.75, 3.05) is 0 Å². The first-order chi connectivity index (χ1) is 7.57. The van der Waals surface area contributed by atoms with E-state index >= 15 is 0 Å². The number of phenolic OH excluding ortho intramolecular Hbond substituents is 1. The molecule has 0 aliphatic carbocycles. The molecule has 1 aromatic carbocycles. The summed E-state index contributed by atoms with van der Waals surface area (Å²) in [6.45, 7) is 3.49. The standard InChI is InChI=1S/C13H16O3/c1-3-6-11(14)9(2)13(16)10-7-4-5-8-12(10)15/h4-5,7-9,15H,3,6H2,1-2H3. The second kappa shape index (κ2) is 5.45. The number of hydrogen-bond donors (Lipinski definition) is 1. The number of hydrogen-bond acceptors (Lipinski definition) is 3. The van der Waals surface area contributed by atoms with E-state index in [2.05, 4.69) is 0 Å². The topological polar surface area (TPSA) is 54.4 Å². The van der Waals surface area contributed by atoms with Crippen LogP contribution in [-0.2, 0) is 4.79 Å². The quantitative estimate of drug-likeness (QED) is 0.613. The van der Waals surface area contributed by atoms with Gasteiger partial charge in [-0.3, -0.25) is 9.59 Å². The molecule has 1 unspecified atom stereocenters. The molecule has 0 aromatic heterocycles. The number of Topliss-reactive ketones (excluding diaryl/α,β-unsaturated/α-hetero) is 2. The molecule has 1 aromatic rings. The number of benzene rings is 1. The molecule has 1 N–H and O–H groups in total. The van der Waals surface area contributed by atoms with Gasteiger partial charge < -0.3 is 5.11 Å². The van der Waals surface area contributed by atoms with Crippen LogP contribution in [-0.4, -0.2) is 16.7 Å². The molecule has 1 rings (SSSR count). The number of ketones is 2. The van der Waals surface area contributed by atoms with Crippen molar-refractivity contribution < 1.29 is 14.7 Å². The summed E-state index contributed by atoms with van der Waals surface area (Å²) in [7, 11) is 0. The number of carbonyl (C=O) groups excluding carboxylic acids is 2. The van der Waals surface area contributed by atoms with Crippen molar-refractivity contribution in [1.82, 2.24) is 0 Å². The highest BCUT2D eigenvalue weighted by atomic mass is 16.3. The Bertz CT molecular complexity index is 396. The largest absolute Gasteiger partial charge is 0.507 e. The number of phenols is 1. The van der Waals surface area contributed by atoms with Crippen LogP contribution in [0.25, 0.3) is 0 Å². The third-order valence-electron chi connectivity index (χ3n) is 2.54. The lowest BCUT2D eigenvalue weighted by atomic mass is 9.93. The Labute approximate surface area is 95.1 Å². The van der Waals surface area contributed by atoms with Crippen LogP contribution >= 0.6 is 0 Å². The fourth-order valence-electron chi connectivity index (χ4n) is 1.52. The lowest BCUT2D eigenvalue weighted by Gasteiger charge is -2.09. The van der Waals surface area contributed by atoms with Crippen molar-refractivity contribution in [3.05, 3.63) is 29.8 Å². The summed E-state index contributed by atoms with van der Waals surface area (Å²) >= 11 is 0. The van der Waals surface area contributed by atoms with Crippen LogP contribution in [0.1, 0.15) is 37.0 Å². The highest BCUT2D eigenvalue weighted by Gasteiger charge is 2.23. The average molecular weight is 220 g/mol. The van der Waals surface area contributed by atoms with E-state index in [0.29, 0.717) is 6.42 Å². The van der Waals surface area contributed by atoms with Crippen LogP contribution in [0.4, 0.5) is 0 Å². The van der Waals surface area contributed by atoms with Gasteiger partial charge in [0.2, 0.25) is 0 Å². The maximum absolute atomic E-state index is 11.9. The van der Waals surface area contributed by atoms with Crippen LogP contribution in [0.3, 0.4) is 0 Å². The molecule has 0 aliphatic rings. The maximum Gasteiger partial charge on any atom is 0.176 e. The molecule has 0 aliphatic heterocycles. The Balaban J connectivity index is 2.86. The number of para-hydroxylation sites is 1. The van der Waals surface area contributed by atoms with Crippen LogP contribution in [0.2, 0.25) is 0 Å². The van der Waals surface area contributed by atoms with Crippen molar-refractivity contribution in [3.8, 4) is 5.75 Å². The van der Waals surface area contributed by atoms with Crippen LogP contribution < -0.4 is 0 Å². The van der Waals surface area contributed by atoms with Gasteiger partial charge in [0, 0.05) is 6.42 Å². The molecular formula is C13H16O3. The van der Waals surface area contributed by atoms with Crippen molar-refractivity contribution in [1.29, 1.82) is 0 Å². The minimum atomic E-state index is -0.673. The van der Waals surface area contributed by atoms with Gasteiger partial charge >= 0.3 is 0 Å². The summed E-state index contributed by atoms with van der Waals surface area (Å²) in [6.07, 6.45) is 1.14. The number of carbonyl (C=O) groups is 2. The van der Waals surface area contributed by atoms with Crippen LogP contribution in [0, 0.1) is 5.92 Å². The smallest absolute Gasteiger partial charge is 0.176 e. The molecule has 0 heterocycles. The van der Waals surface area contributed by atoms with Gasteiger partial charge in [-0.2, -0.15) is 0 Å². The zero-order valence-corrected chi connectivity index (χ0v) is 9.56. The molecule has 0 saturated heterocycles. The third kappa shape index (κ3) is 2.69. The van der Waals surface area contributed by atoms with Gasteiger partial charge in [0.25, 0.3) is 0 Å². The molecule has 0 spiro atoms. The molecule has 86 valence electrons. The monoisotopic (exact) mass is 220 g/mol. The molecule has 0 amide bonds. The van der Waals surface area contributed by atoms with Gasteiger partial charge in [0.15, 0.2) is 5.78 Å². The third-order valence-corrected chi connectivity index (χ3v) is 2.54. The normalized spacial score (nSPS) is 12.1. The van der Waals surface area contributed by atoms with Gasteiger partial charge in [-0.25, -0.2) is 0 Å². The Morgan fingerprint density at radius 2 is 1.94 bits per heavy atom. The Kier molecular flexibility index (Phi) is 4.23. The predicted octanol–water partition coefficient (Wildman–Crippen LogP) is 2.58. The first-order valence-electron chi connectivity index (χ1n) is 5.42. The second-order valence-electron chi connectivity index (χ2n) is 3.82. The lowest BCUT2D eigenvalue weighted by molar-refractivity contribution is -0.121.